The predicted molar refractivity (Wildman–Crippen MR) is 99.4 cm³/mol. The largest absolute Gasteiger partial charge is 0.354 e. The van der Waals surface area contributed by atoms with Crippen molar-refractivity contribution in [2.24, 2.45) is 4.99 Å². The predicted octanol–water partition coefficient (Wildman–Crippen LogP) is 3.00. The van der Waals surface area contributed by atoms with Gasteiger partial charge in [-0.3, -0.25) is 4.99 Å². The molecule has 0 bridgehead atoms. The first-order valence-corrected chi connectivity index (χ1v) is 9.91. The van der Waals surface area contributed by atoms with Crippen LogP contribution < -0.4 is 10.6 Å². The lowest BCUT2D eigenvalue weighted by Gasteiger charge is -2.33. The summed E-state index contributed by atoms with van der Waals surface area (Å²) in [5, 5.41) is 6.91. The van der Waals surface area contributed by atoms with Crippen molar-refractivity contribution in [1.29, 1.82) is 0 Å². The van der Waals surface area contributed by atoms with Gasteiger partial charge < -0.3 is 15.5 Å². The molecular formula is C20H28F2N4. The average molecular weight is 362 g/mol. The van der Waals surface area contributed by atoms with E-state index in [2.05, 4.69) is 20.5 Å². The molecule has 0 spiro atoms. The van der Waals surface area contributed by atoms with E-state index in [4.69, 9.17) is 0 Å². The highest BCUT2D eigenvalue weighted by Gasteiger charge is 2.42. The molecule has 4 nitrogen and oxygen atoms in total. The topological polar surface area (TPSA) is 39.7 Å². The summed E-state index contributed by atoms with van der Waals surface area (Å²) < 4.78 is 27.9. The molecule has 0 aromatic heterocycles. The van der Waals surface area contributed by atoms with E-state index in [9.17, 15) is 8.78 Å². The number of rotatable bonds is 5. The Morgan fingerprint density at radius 3 is 2.42 bits per heavy atom. The summed E-state index contributed by atoms with van der Waals surface area (Å²) in [7, 11) is 0. The van der Waals surface area contributed by atoms with Crippen molar-refractivity contribution >= 4 is 5.96 Å². The fourth-order valence-electron chi connectivity index (χ4n) is 4.05. The third kappa shape index (κ3) is 4.00. The molecule has 2 aliphatic carbocycles. The monoisotopic (exact) mass is 362 g/mol. The van der Waals surface area contributed by atoms with Crippen LogP contribution >= 0.6 is 0 Å². The maximum Gasteiger partial charge on any atom is 0.191 e. The normalized spacial score (nSPS) is 27.4. The SMILES string of the molecule is CCN=C(NC1CCN(C2CC2)CC1)NC1CC1c1c(F)cccc1F. The molecule has 1 aromatic rings. The van der Waals surface area contributed by atoms with Gasteiger partial charge in [-0.15, -0.1) is 0 Å². The summed E-state index contributed by atoms with van der Waals surface area (Å²) >= 11 is 0. The van der Waals surface area contributed by atoms with Gasteiger partial charge in [-0.05, 0) is 51.2 Å². The minimum atomic E-state index is -0.450. The lowest BCUT2D eigenvalue weighted by atomic mass is 10.1. The number of nitrogens with zero attached hydrogens (tertiary/aromatic N) is 2. The van der Waals surface area contributed by atoms with Crippen LogP contribution in [0.25, 0.3) is 0 Å². The molecule has 3 fully saturated rings. The number of piperidine rings is 1. The average Bonchev–Trinajstić information content (AvgIpc) is 3.52. The van der Waals surface area contributed by atoms with E-state index in [1.54, 1.807) is 0 Å². The van der Waals surface area contributed by atoms with E-state index in [0.717, 1.165) is 44.4 Å². The van der Waals surface area contributed by atoms with Crippen LogP contribution in [-0.4, -0.2) is 48.6 Å². The molecule has 1 aliphatic heterocycles. The maximum atomic E-state index is 14.0. The Labute approximate surface area is 154 Å². The lowest BCUT2D eigenvalue weighted by Crippen LogP contribution is -2.49. The smallest absolute Gasteiger partial charge is 0.191 e. The first kappa shape index (κ1) is 17.7. The van der Waals surface area contributed by atoms with Crippen molar-refractivity contribution < 1.29 is 8.78 Å². The van der Waals surface area contributed by atoms with Crippen molar-refractivity contribution in [3.05, 3.63) is 35.4 Å². The number of aliphatic imine (C=N–C) groups is 1. The Morgan fingerprint density at radius 1 is 1.12 bits per heavy atom. The summed E-state index contributed by atoms with van der Waals surface area (Å²) in [5.41, 5.74) is 0.207. The van der Waals surface area contributed by atoms with Crippen LogP contribution in [0.3, 0.4) is 0 Å². The molecule has 2 N–H and O–H groups in total. The van der Waals surface area contributed by atoms with Crippen LogP contribution in [0.4, 0.5) is 8.78 Å². The highest BCUT2D eigenvalue weighted by atomic mass is 19.1. The highest BCUT2D eigenvalue weighted by molar-refractivity contribution is 5.81. The number of halogens is 2. The Bertz CT molecular complexity index is 646. The molecule has 6 heteroatoms. The zero-order valence-corrected chi connectivity index (χ0v) is 15.3. The van der Waals surface area contributed by atoms with Crippen molar-refractivity contribution in [3.63, 3.8) is 0 Å². The maximum absolute atomic E-state index is 14.0. The van der Waals surface area contributed by atoms with Gasteiger partial charge >= 0.3 is 0 Å². The summed E-state index contributed by atoms with van der Waals surface area (Å²) in [4.78, 5) is 7.13. The van der Waals surface area contributed by atoms with Crippen LogP contribution in [0.2, 0.25) is 0 Å². The van der Waals surface area contributed by atoms with E-state index in [1.807, 2.05) is 6.92 Å². The Kier molecular flexibility index (Phi) is 5.11. The first-order chi connectivity index (χ1) is 12.7. The quantitative estimate of drug-likeness (QED) is 0.625. The Morgan fingerprint density at radius 2 is 1.81 bits per heavy atom. The minimum Gasteiger partial charge on any atom is -0.354 e. The van der Waals surface area contributed by atoms with Crippen molar-refractivity contribution in [1.82, 2.24) is 15.5 Å². The van der Waals surface area contributed by atoms with E-state index in [-0.39, 0.29) is 17.5 Å². The summed E-state index contributed by atoms with van der Waals surface area (Å²) in [6.07, 6.45) is 5.70. The summed E-state index contributed by atoms with van der Waals surface area (Å²) in [6.45, 7) is 4.98. The summed E-state index contributed by atoms with van der Waals surface area (Å²) in [5.74, 6) is -0.235. The fraction of sp³-hybridized carbons (Fsp3) is 0.650. The van der Waals surface area contributed by atoms with Gasteiger partial charge in [-0.25, -0.2) is 8.78 Å². The Balaban J connectivity index is 1.31. The molecule has 2 saturated carbocycles. The van der Waals surface area contributed by atoms with Gasteiger partial charge in [0.25, 0.3) is 0 Å². The third-order valence-corrected chi connectivity index (χ3v) is 5.73. The van der Waals surface area contributed by atoms with Crippen LogP contribution in [-0.2, 0) is 0 Å². The molecular weight excluding hydrogens is 334 g/mol. The van der Waals surface area contributed by atoms with Crippen molar-refractivity contribution in [2.75, 3.05) is 19.6 Å². The first-order valence-electron chi connectivity index (χ1n) is 9.91. The second kappa shape index (κ2) is 7.51. The zero-order chi connectivity index (χ0) is 18.1. The highest BCUT2D eigenvalue weighted by Crippen LogP contribution is 2.43. The van der Waals surface area contributed by atoms with Gasteiger partial charge in [-0.2, -0.15) is 0 Å². The second-order valence-electron chi connectivity index (χ2n) is 7.74. The molecule has 2 unspecified atom stereocenters. The lowest BCUT2D eigenvalue weighted by molar-refractivity contribution is 0.197. The van der Waals surface area contributed by atoms with E-state index in [0.29, 0.717) is 12.6 Å². The number of hydrogen-bond donors (Lipinski definition) is 2. The number of nitrogens with one attached hydrogen (secondary N) is 2. The molecule has 4 rings (SSSR count). The van der Waals surface area contributed by atoms with Gasteiger partial charge in [0.1, 0.15) is 11.6 Å². The molecule has 3 aliphatic rings. The molecule has 142 valence electrons. The molecule has 26 heavy (non-hydrogen) atoms. The number of guanidine groups is 1. The minimum absolute atomic E-state index is 0.0470. The number of benzene rings is 1. The molecule has 0 amide bonds. The summed E-state index contributed by atoms with van der Waals surface area (Å²) in [6, 6.07) is 5.39. The van der Waals surface area contributed by atoms with Crippen LogP contribution in [0, 0.1) is 11.6 Å². The standard InChI is InChI=1S/C20H28F2N4/c1-2-23-20(24-13-8-10-26(11-9-13)14-6-7-14)25-18-12-15(18)19-16(21)4-3-5-17(19)22/h3-5,13-15,18H,2,6-12H2,1H3,(H2,23,24,25). The van der Waals surface area contributed by atoms with Crippen LogP contribution in [0.5, 0.6) is 0 Å². The van der Waals surface area contributed by atoms with Gasteiger partial charge in [0.05, 0.1) is 0 Å². The number of hydrogen-bond acceptors (Lipinski definition) is 2. The van der Waals surface area contributed by atoms with E-state index in [1.165, 1.54) is 31.0 Å². The molecule has 2 atom stereocenters. The van der Waals surface area contributed by atoms with E-state index < -0.39 is 11.6 Å². The Hall–Kier alpha value is -1.69. The van der Waals surface area contributed by atoms with Gasteiger partial charge in [0.15, 0.2) is 5.96 Å². The van der Waals surface area contributed by atoms with E-state index >= 15 is 0 Å². The molecule has 1 heterocycles. The fourth-order valence-corrected chi connectivity index (χ4v) is 4.05. The van der Waals surface area contributed by atoms with Gasteiger partial charge in [-0.1, -0.05) is 6.07 Å². The van der Waals surface area contributed by atoms with Gasteiger partial charge in [0, 0.05) is 49.2 Å². The number of likely N-dealkylation sites (tertiary alicyclic amines) is 1. The molecule has 1 aromatic carbocycles. The van der Waals surface area contributed by atoms with Crippen molar-refractivity contribution in [3.8, 4) is 0 Å². The van der Waals surface area contributed by atoms with Crippen LogP contribution in [0.15, 0.2) is 23.2 Å². The molecule has 1 saturated heterocycles. The van der Waals surface area contributed by atoms with Gasteiger partial charge in [0.2, 0.25) is 0 Å². The third-order valence-electron chi connectivity index (χ3n) is 5.73. The zero-order valence-electron chi connectivity index (χ0n) is 15.3. The second-order valence-corrected chi connectivity index (χ2v) is 7.74. The molecule has 0 radical (unpaired) electrons. The van der Waals surface area contributed by atoms with Crippen LogP contribution in [0.1, 0.15) is 50.5 Å². The van der Waals surface area contributed by atoms with Crippen molar-refractivity contribution in [2.45, 2.75) is 63.1 Å².